The number of rotatable bonds is 14. The highest BCUT2D eigenvalue weighted by atomic mass is 16.8. The van der Waals surface area contributed by atoms with Gasteiger partial charge in [-0.05, 0) is 112 Å². The lowest BCUT2D eigenvalue weighted by atomic mass is 9.33. The van der Waals surface area contributed by atoms with Gasteiger partial charge in [0.15, 0.2) is 31.1 Å². The van der Waals surface area contributed by atoms with E-state index >= 15 is 0 Å². The SMILES string of the molecule is C/C=C(/C)C(=O)O[C@H]1[C@H](OC(=O)/C(C)=C\C)[C@@]2(CO)C(CC1(C)C)C1=CCC3[C@@]4(C)CC[C@H](O[C@@H]5OC(C(=O)O)[C@@H](O)[C@@H](O[C@@H]6O[C@@H](CO)[C@@H](O)C6O)C5O[C@@H]5OC(CO)[C@H](O)[C@@H](O)C5O)C(C)(C)C4CC[C@@]3(C)[C@]1(C)C[C@H]2O. The number of ether oxygens (including phenoxy) is 8. The Bertz CT molecular complexity index is 2350. The van der Waals surface area contributed by atoms with Gasteiger partial charge < -0.3 is 94.1 Å². The lowest BCUT2D eigenvalue weighted by Gasteiger charge is -2.72. The van der Waals surface area contributed by atoms with E-state index in [1.807, 2.05) is 13.8 Å². The molecule has 8 rings (SSSR count). The van der Waals surface area contributed by atoms with E-state index in [2.05, 4.69) is 40.7 Å². The minimum atomic E-state index is -2.10. The number of hydrogen-bond donors (Lipinski definition) is 11. The van der Waals surface area contributed by atoms with Crippen molar-refractivity contribution < 1.29 is 108 Å². The lowest BCUT2D eigenvalue weighted by Crippen LogP contribution is -2.72. The molecule has 0 aromatic heterocycles. The van der Waals surface area contributed by atoms with Gasteiger partial charge in [0.25, 0.3) is 0 Å². The van der Waals surface area contributed by atoms with Gasteiger partial charge in [0.05, 0.1) is 37.4 Å². The molecule has 3 heterocycles. The number of fused-ring (bicyclic) bond motifs is 7. The Morgan fingerprint density at radius 2 is 1.19 bits per heavy atom. The van der Waals surface area contributed by atoms with Crippen molar-refractivity contribution in [2.24, 2.45) is 50.2 Å². The first-order valence-electron chi connectivity index (χ1n) is 28.0. The largest absolute Gasteiger partial charge is 0.479 e. The fourth-order valence-corrected chi connectivity index (χ4v) is 16.2. The van der Waals surface area contributed by atoms with E-state index in [0.29, 0.717) is 49.7 Å². The highest BCUT2D eigenvalue weighted by molar-refractivity contribution is 5.89. The van der Waals surface area contributed by atoms with Crippen LogP contribution in [0.4, 0.5) is 0 Å². The smallest absolute Gasteiger partial charge is 0.335 e. The van der Waals surface area contributed by atoms with Crippen LogP contribution in [0, 0.1) is 50.2 Å². The Morgan fingerprint density at radius 1 is 0.646 bits per heavy atom. The molecule has 3 saturated heterocycles. The number of aliphatic hydroxyl groups excluding tert-OH is 10. The number of carbonyl (C=O) groups excluding carboxylic acids is 2. The molecular weight excluding hydrogens is 1040 g/mol. The molecule has 8 unspecified atom stereocenters. The maximum atomic E-state index is 13.8. The molecule has 22 heteroatoms. The van der Waals surface area contributed by atoms with Crippen molar-refractivity contribution in [3.05, 3.63) is 34.9 Å². The van der Waals surface area contributed by atoms with E-state index in [-0.39, 0.29) is 23.7 Å². The van der Waals surface area contributed by atoms with Crippen LogP contribution >= 0.6 is 0 Å². The van der Waals surface area contributed by atoms with Crippen LogP contribution in [0.2, 0.25) is 0 Å². The quantitative estimate of drug-likeness (QED) is 0.0505. The average molecular weight is 1130 g/mol. The normalized spacial score (nSPS) is 48.6. The van der Waals surface area contributed by atoms with E-state index < -0.39 is 181 Å². The lowest BCUT2D eigenvalue weighted by molar-refractivity contribution is -0.386. The third-order valence-corrected chi connectivity index (χ3v) is 21.3. The predicted octanol–water partition coefficient (Wildman–Crippen LogP) is 1.29. The molecule has 0 radical (unpaired) electrons. The van der Waals surface area contributed by atoms with Crippen molar-refractivity contribution in [1.82, 2.24) is 0 Å². The Hall–Kier alpha value is -3.01. The monoisotopic (exact) mass is 1120 g/mol. The highest BCUT2D eigenvalue weighted by Crippen LogP contribution is 2.76. The van der Waals surface area contributed by atoms with Crippen molar-refractivity contribution in [1.29, 1.82) is 0 Å². The summed E-state index contributed by atoms with van der Waals surface area (Å²) in [5, 5.41) is 121. The van der Waals surface area contributed by atoms with Gasteiger partial charge >= 0.3 is 17.9 Å². The maximum absolute atomic E-state index is 13.8. The fourth-order valence-electron chi connectivity index (χ4n) is 16.2. The summed E-state index contributed by atoms with van der Waals surface area (Å²) in [7, 11) is 0. The molecule has 79 heavy (non-hydrogen) atoms. The molecule has 448 valence electrons. The van der Waals surface area contributed by atoms with E-state index in [9.17, 15) is 70.6 Å². The molecule has 0 aromatic rings. The van der Waals surface area contributed by atoms with Crippen LogP contribution in [0.1, 0.15) is 121 Å². The number of carboxylic acids is 1. The summed E-state index contributed by atoms with van der Waals surface area (Å²) in [6.07, 6.45) is -20.2. The molecule has 5 aliphatic carbocycles. The van der Waals surface area contributed by atoms with Gasteiger partial charge in [-0.1, -0.05) is 72.3 Å². The fraction of sp³-hybridized carbons (Fsp3) is 0.842. The van der Waals surface area contributed by atoms with Crippen LogP contribution < -0.4 is 0 Å². The third kappa shape index (κ3) is 9.99. The first-order chi connectivity index (χ1) is 36.9. The molecule has 4 saturated carbocycles. The zero-order chi connectivity index (χ0) is 58.4. The van der Waals surface area contributed by atoms with Gasteiger partial charge in [0.1, 0.15) is 67.1 Å². The molecule has 3 aliphatic heterocycles. The molecule has 0 amide bonds. The molecule has 22 nitrogen and oxygen atoms in total. The first kappa shape index (κ1) is 62.0. The van der Waals surface area contributed by atoms with E-state index in [1.54, 1.807) is 39.8 Å². The summed E-state index contributed by atoms with van der Waals surface area (Å²) in [5.74, 6) is -3.40. The number of carbonyl (C=O) groups is 3. The number of aliphatic hydroxyl groups is 10. The van der Waals surface area contributed by atoms with Crippen molar-refractivity contribution in [2.75, 3.05) is 19.8 Å². The van der Waals surface area contributed by atoms with Crippen LogP contribution in [0.15, 0.2) is 34.9 Å². The van der Waals surface area contributed by atoms with Crippen LogP contribution in [0.25, 0.3) is 0 Å². The van der Waals surface area contributed by atoms with Crippen LogP contribution in [-0.2, 0) is 52.3 Å². The minimum absolute atomic E-state index is 0.0232. The van der Waals surface area contributed by atoms with Crippen molar-refractivity contribution in [3.63, 3.8) is 0 Å². The summed E-state index contributed by atoms with van der Waals surface area (Å²) >= 11 is 0. The molecule has 0 spiro atoms. The Balaban J connectivity index is 1.12. The van der Waals surface area contributed by atoms with E-state index in [0.717, 1.165) is 5.57 Å². The summed E-state index contributed by atoms with van der Waals surface area (Å²) in [6.45, 7) is 19.4. The van der Waals surface area contributed by atoms with Gasteiger partial charge in [-0.25, -0.2) is 14.4 Å². The number of carboxylic acid groups (broad SMARTS) is 1. The topological polar surface area (TPSA) is 348 Å². The van der Waals surface area contributed by atoms with Crippen LogP contribution in [-0.4, -0.2) is 204 Å². The molecule has 0 bridgehead atoms. The zero-order valence-corrected chi connectivity index (χ0v) is 47.3. The Morgan fingerprint density at radius 3 is 1.73 bits per heavy atom. The molecule has 11 N–H and O–H groups in total. The summed E-state index contributed by atoms with van der Waals surface area (Å²) in [6, 6.07) is 0. The second-order valence-corrected chi connectivity index (χ2v) is 26.0. The standard InChI is InChI=1S/C57H88O22/c1-12-25(3)47(70)78-44-45(79-48(71)26(4)13-2)57(24-60)28(20-52(44,5)6)27-14-15-32-54(9)18-17-34(53(7,8)31(54)16-19-55(32,10)56(27,11)21-33(57)61)74-51-43(77-50-39(66)37(64)35(62)29(22-58)72-50)41(40(67)42(76-51)46(68)69)75-49-38(65)36(63)30(23-59)73-49/h12-14,28-45,49-51,58-67H,15-24H2,1-11H3,(H,68,69)/b25-12-,26-13-/t28?,29?,30-,31?,32?,33+,34-,35-,36+,37+,38?,39?,40-,41+,42?,43?,44-,45-,49-,50-,51+,54-,55+,56+,57-/m0/s1. The second kappa shape index (κ2) is 22.5. The van der Waals surface area contributed by atoms with E-state index in [4.69, 9.17) is 37.9 Å². The summed E-state index contributed by atoms with van der Waals surface area (Å²) in [4.78, 5) is 40.3. The number of hydrogen-bond acceptors (Lipinski definition) is 21. The van der Waals surface area contributed by atoms with Gasteiger partial charge in [-0.15, -0.1) is 0 Å². The predicted molar refractivity (Wildman–Crippen MR) is 275 cm³/mol. The maximum Gasteiger partial charge on any atom is 0.335 e. The molecule has 7 fully saturated rings. The van der Waals surface area contributed by atoms with Gasteiger partial charge in [-0.2, -0.15) is 0 Å². The number of allylic oxidation sites excluding steroid dienone is 4. The molecule has 8 aliphatic rings. The van der Waals surface area contributed by atoms with Crippen LogP contribution in [0.5, 0.6) is 0 Å². The first-order valence-corrected chi connectivity index (χ1v) is 28.0. The van der Waals surface area contributed by atoms with Crippen molar-refractivity contribution in [2.45, 2.75) is 232 Å². The van der Waals surface area contributed by atoms with E-state index in [1.165, 1.54) is 0 Å². The van der Waals surface area contributed by atoms with Gasteiger partial charge in [0, 0.05) is 16.6 Å². The molecule has 25 atom stereocenters. The Labute approximate surface area is 461 Å². The van der Waals surface area contributed by atoms with Crippen molar-refractivity contribution >= 4 is 17.9 Å². The van der Waals surface area contributed by atoms with Gasteiger partial charge in [0.2, 0.25) is 0 Å². The second-order valence-electron chi connectivity index (χ2n) is 26.0. The summed E-state index contributed by atoms with van der Waals surface area (Å²) < 4.78 is 49.2. The summed E-state index contributed by atoms with van der Waals surface area (Å²) in [5.41, 5.74) is -2.71. The average Bonchev–Trinajstić information content (AvgIpc) is 3.87. The molecular formula is C57H88O22. The van der Waals surface area contributed by atoms with Gasteiger partial charge in [-0.3, -0.25) is 0 Å². The molecule has 0 aromatic carbocycles. The number of esters is 2. The zero-order valence-electron chi connectivity index (χ0n) is 47.3. The number of aliphatic carboxylic acids is 1. The highest BCUT2D eigenvalue weighted by Gasteiger charge is 2.74. The third-order valence-electron chi connectivity index (χ3n) is 21.3. The van der Waals surface area contributed by atoms with Crippen molar-refractivity contribution in [3.8, 4) is 0 Å². The minimum Gasteiger partial charge on any atom is -0.479 e. The Kier molecular flexibility index (Phi) is 17.7. The van der Waals surface area contributed by atoms with Crippen LogP contribution in [0.3, 0.4) is 0 Å².